The fourth-order valence-electron chi connectivity index (χ4n) is 2.51. The molecule has 0 bridgehead atoms. The molecule has 3 rings (SSSR count). The van der Waals surface area contributed by atoms with Crippen molar-refractivity contribution in [3.63, 3.8) is 0 Å². The Morgan fingerprint density at radius 3 is 3.15 bits per heavy atom. The van der Waals surface area contributed by atoms with Crippen molar-refractivity contribution in [3.05, 3.63) is 35.7 Å². The summed E-state index contributed by atoms with van der Waals surface area (Å²) in [6, 6.07) is 8.63. The summed E-state index contributed by atoms with van der Waals surface area (Å²) in [6.45, 7) is 8.08. The van der Waals surface area contributed by atoms with Gasteiger partial charge in [0.25, 0.3) is 5.89 Å². The van der Waals surface area contributed by atoms with Gasteiger partial charge in [0.15, 0.2) is 5.82 Å². The summed E-state index contributed by atoms with van der Waals surface area (Å²) in [4.78, 5) is 6.89. The number of benzene rings is 1. The molecule has 1 atom stereocenters. The molecule has 106 valence electrons. The number of aryl methyl sites for hydroxylation is 1. The molecule has 5 heteroatoms. The third-order valence-corrected chi connectivity index (χ3v) is 3.72. The van der Waals surface area contributed by atoms with Crippen LogP contribution in [0.15, 0.2) is 28.8 Å². The van der Waals surface area contributed by atoms with Gasteiger partial charge in [0.1, 0.15) is 0 Å². The quantitative estimate of drug-likeness (QED) is 0.924. The van der Waals surface area contributed by atoms with Gasteiger partial charge in [-0.15, -0.1) is 0 Å². The van der Waals surface area contributed by atoms with Gasteiger partial charge in [-0.25, -0.2) is 0 Å². The maximum absolute atomic E-state index is 5.38. The number of nitrogens with one attached hydrogen (secondary N) is 1. The molecule has 1 fully saturated rings. The van der Waals surface area contributed by atoms with E-state index in [1.165, 1.54) is 5.56 Å². The zero-order chi connectivity index (χ0) is 13.9. The lowest BCUT2D eigenvalue weighted by atomic mass is 10.1. The molecule has 0 spiro atoms. The molecule has 1 aromatic heterocycles. The molecule has 5 nitrogen and oxygen atoms in total. The highest BCUT2D eigenvalue weighted by atomic mass is 16.5. The predicted octanol–water partition coefficient (Wildman–Crippen LogP) is 1.84. The summed E-state index contributed by atoms with van der Waals surface area (Å²) in [5.41, 5.74) is 2.18. The summed E-state index contributed by atoms with van der Waals surface area (Å²) in [5.74, 6) is 1.36. The van der Waals surface area contributed by atoms with E-state index in [0.717, 1.165) is 37.6 Å². The van der Waals surface area contributed by atoms with Crippen LogP contribution in [0.1, 0.15) is 18.3 Å². The molecule has 1 aliphatic rings. The summed E-state index contributed by atoms with van der Waals surface area (Å²) < 4.78 is 5.38. The number of hydrogen-bond acceptors (Lipinski definition) is 5. The van der Waals surface area contributed by atoms with Gasteiger partial charge in [-0.3, -0.25) is 4.90 Å². The van der Waals surface area contributed by atoms with E-state index in [0.29, 0.717) is 11.9 Å². The van der Waals surface area contributed by atoms with Crippen LogP contribution in [-0.4, -0.2) is 40.7 Å². The second-order valence-electron chi connectivity index (χ2n) is 5.41. The first kappa shape index (κ1) is 13.3. The van der Waals surface area contributed by atoms with Crippen LogP contribution in [-0.2, 0) is 6.54 Å². The van der Waals surface area contributed by atoms with Crippen LogP contribution in [0.5, 0.6) is 0 Å². The average molecular weight is 272 g/mol. The number of piperazine rings is 1. The lowest BCUT2D eigenvalue weighted by Crippen LogP contribution is -2.49. The van der Waals surface area contributed by atoms with Crippen molar-refractivity contribution in [2.45, 2.75) is 26.4 Å². The molecular weight excluding hydrogens is 252 g/mol. The minimum atomic E-state index is 0.504. The standard InChI is InChI=1S/C15H20N4O/c1-11-4-3-5-13(8-11)15-17-14(18-20-15)10-19-7-6-16-9-12(19)2/h3-5,8,12,16H,6-7,9-10H2,1-2H3. The Kier molecular flexibility index (Phi) is 3.80. The zero-order valence-electron chi connectivity index (χ0n) is 12.0. The second-order valence-corrected chi connectivity index (χ2v) is 5.41. The Morgan fingerprint density at radius 1 is 1.45 bits per heavy atom. The van der Waals surface area contributed by atoms with Crippen molar-refractivity contribution < 1.29 is 4.52 Å². The molecule has 0 amide bonds. The van der Waals surface area contributed by atoms with Crippen LogP contribution in [0.3, 0.4) is 0 Å². The molecule has 1 saturated heterocycles. The van der Waals surface area contributed by atoms with E-state index in [4.69, 9.17) is 4.52 Å². The maximum atomic E-state index is 5.38. The van der Waals surface area contributed by atoms with Crippen molar-refractivity contribution >= 4 is 0 Å². The first-order chi connectivity index (χ1) is 9.72. The summed E-state index contributed by atoms with van der Waals surface area (Å²) in [7, 11) is 0. The van der Waals surface area contributed by atoms with Crippen molar-refractivity contribution in [2.24, 2.45) is 0 Å². The first-order valence-corrected chi connectivity index (χ1v) is 7.07. The van der Waals surface area contributed by atoms with E-state index in [-0.39, 0.29) is 0 Å². The third kappa shape index (κ3) is 2.89. The van der Waals surface area contributed by atoms with Crippen LogP contribution in [0.25, 0.3) is 11.5 Å². The normalized spacial score (nSPS) is 20.2. The van der Waals surface area contributed by atoms with E-state index >= 15 is 0 Å². The number of aromatic nitrogens is 2. The van der Waals surface area contributed by atoms with E-state index in [1.807, 2.05) is 12.1 Å². The lowest BCUT2D eigenvalue weighted by Gasteiger charge is -2.32. The van der Waals surface area contributed by atoms with Crippen LogP contribution in [0.4, 0.5) is 0 Å². The monoisotopic (exact) mass is 272 g/mol. The molecule has 1 aliphatic heterocycles. The second kappa shape index (κ2) is 5.73. The SMILES string of the molecule is Cc1cccc(-c2nc(CN3CCNCC3C)no2)c1. The fraction of sp³-hybridized carbons (Fsp3) is 0.467. The van der Waals surface area contributed by atoms with Gasteiger partial charge in [0, 0.05) is 31.2 Å². The predicted molar refractivity (Wildman–Crippen MR) is 77.2 cm³/mol. The molecule has 1 aromatic carbocycles. The van der Waals surface area contributed by atoms with E-state index in [9.17, 15) is 0 Å². The smallest absolute Gasteiger partial charge is 0.257 e. The zero-order valence-corrected chi connectivity index (χ0v) is 12.0. The van der Waals surface area contributed by atoms with E-state index < -0.39 is 0 Å². The Hall–Kier alpha value is -1.72. The van der Waals surface area contributed by atoms with Gasteiger partial charge in [-0.05, 0) is 26.0 Å². The van der Waals surface area contributed by atoms with Crippen molar-refractivity contribution in [3.8, 4) is 11.5 Å². The topological polar surface area (TPSA) is 54.2 Å². The van der Waals surface area contributed by atoms with Gasteiger partial charge >= 0.3 is 0 Å². The van der Waals surface area contributed by atoms with Gasteiger partial charge in [-0.2, -0.15) is 4.98 Å². The van der Waals surface area contributed by atoms with E-state index in [1.54, 1.807) is 0 Å². The minimum absolute atomic E-state index is 0.504. The molecule has 0 saturated carbocycles. The Bertz CT molecular complexity index is 581. The van der Waals surface area contributed by atoms with Crippen LogP contribution >= 0.6 is 0 Å². The number of rotatable bonds is 3. The first-order valence-electron chi connectivity index (χ1n) is 7.07. The summed E-state index contributed by atoms with van der Waals surface area (Å²) in [6.07, 6.45) is 0. The number of hydrogen-bond donors (Lipinski definition) is 1. The van der Waals surface area contributed by atoms with Crippen molar-refractivity contribution in [1.29, 1.82) is 0 Å². The largest absolute Gasteiger partial charge is 0.334 e. The Labute approximate surface area is 119 Å². The van der Waals surface area contributed by atoms with Gasteiger partial charge in [-0.1, -0.05) is 22.9 Å². The average Bonchev–Trinajstić information content (AvgIpc) is 2.90. The highest BCUT2D eigenvalue weighted by molar-refractivity contribution is 5.53. The van der Waals surface area contributed by atoms with Crippen LogP contribution < -0.4 is 5.32 Å². The molecular formula is C15H20N4O. The lowest BCUT2D eigenvalue weighted by molar-refractivity contribution is 0.160. The highest BCUT2D eigenvalue weighted by Crippen LogP contribution is 2.19. The Balaban J connectivity index is 1.73. The van der Waals surface area contributed by atoms with Crippen molar-refractivity contribution in [2.75, 3.05) is 19.6 Å². The summed E-state index contributed by atoms with van der Waals surface area (Å²) in [5, 5.41) is 7.48. The Morgan fingerprint density at radius 2 is 2.35 bits per heavy atom. The molecule has 0 radical (unpaired) electrons. The molecule has 2 heterocycles. The highest BCUT2D eigenvalue weighted by Gasteiger charge is 2.20. The minimum Gasteiger partial charge on any atom is -0.334 e. The number of nitrogens with zero attached hydrogens (tertiary/aromatic N) is 3. The molecule has 20 heavy (non-hydrogen) atoms. The van der Waals surface area contributed by atoms with Gasteiger partial charge in [0.2, 0.25) is 0 Å². The fourth-order valence-corrected chi connectivity index (χ4v) is 2.51. The van der Waals surface area contributed by atoms with E-state index in [2.05, 4.69) is 46.3 Å². The maximum Gasteiger partial charge on any atom is 0.257 e. The summed E-state index contributed by atoms with van der Waals surface area (Å²) >= 11 is 0. The molecule has 2 aromatic rings. The molecule has 0 aliphatic carbocycles. The van der Waals surface area contributed by atoms with Crippen LogP contribution in [0, 0.1) is 6.92 Å². The van der Waals surface area contributed by atoms with Crippen LogP contribution in [0.2, 0.25) is 0 Å². The van der Waals surface area contributed by atoms with Crippen molar-refractivity contribution in [1.82, 2.24) is 20.4 Å². The van der Waals surface area contributed by atoms with Gasteiger partial charge in [0.05, 0.1) is 6.54 Å². The molecule has 1 unspecified atom stereocenters. The molecule has 1 N–H and O–H groups in total. The van der Waals surface area contributed by atoms with Gasteiger partial charge < -0.3 is 9.84 Å². The third-order valence-electron chi connectivity index (χ3n) is 3.72.